The predicted molar refractivity (Wildman–Crippen MR) is 68.7 cm³/mol. The van der Waals surface area contributed by atoms with E-state index in [2.05, 4.69) is 4.74 Å². The predicted octanol–water partition coefficient (Wildman–Crippen LogP) is 5.45. The number of aryl methyl sites for hydroxylation is 1. The van der Waals surface area contributed by atoms with Crippen LogP contribution in [-0.2, 0) is 6.11 Å². The molecule has 0 saturated carbocycles. The molecule has 0 aliphatic rings. The van der Waals surface area contributed by atoms with E-state index in [1.807, 2.05) is 0 Å². The number of hydrogen-bond donors (Lipinski definition) is 0. The molecule has 0 fully saturated rings. The lowest BCUT2D eigenvalue weighted by atomic mass is 10.1. The Balaban J connectivity index is 0.00000264. The summed E-state index contributed by atoms with van der Waals surface area (Å²) in [6, 6.07) is 1.55. The van der Waals surface area contributed by atoms with E-state index in [0.717, 1.165) is 0 Å². The third-order valence-electron chi connectivity index (χ3n) is 2.68. The zero-order chi connectivity index (χ0) is 16.7. The Morgan fingerprint density at radius 2 is 1.22 bits per heavy atom. The lowest BCUT2D eigenvalue weighted by Crippen LogP contribution is -2.25. The van der Waals surface area contributed by atoms with Crippen molar-refractivity contribution in [3.05, 3.63) is 64.5 Å². The van der Waals surface area contributed by atoms with E-state index in [1.165, 1.54) is 6.92 Å². The van der Waals surface area contributed by atoms with Gasteiger partial charge in [-0.25, -0.2) is 22.0 Å². The van der Waals surface area contributed by atoms with Crippen molar-refractivity contribution in [2.45, 2.75) is 20.5 Å². The summed E-state index contributed by atoms with van der Waals surface area (Å²) >= 11 is 0. The normalized spacial score (nSPS) is 11.1. The summed E-state index contributed by atoms with van der Waals surface area (Å²) in [6.07, 6.45) is -4.56. The zero-order valence-electron chi connectivity index (χ0n) is 10.9. The van der Waals surface area contributed by atoms with E-state index < -0.39 is 46.5 Å². The van der Waals surface area contributed by atoms with Crippen LogP contribution in [0.3, 0.4) is 0 Å². The van der Waals surface area contributed by atoms with Crippen molar-refractivity contribution in [3.8, 4) is 5.75 Å². The van der Waals surface area contributed by atoms with Gasteiger partial charge >= 0.3 is 6.11 Å². The molecule has 0 saturated heterocycles. The van der Waals surface area contributed by atoms with E-state index in [9.17, 15) is 30.7 Å². The van der Waals surface area contributed by atoms with Crippen LogP contribution >= 0.6 is 0 Å². The number of alkyl halides is 2. The molecule has 0 radical (unpaired) electrons. The molecule has 0 amide bonds. The molecule has 126 valence electrons. The fourth-order valence-corrected chi connectivity index (χ4v) is 1.77. The van der Waals surface area contributed by atoms with Gasteiger partial charge in [0.15, 0.2) is 17.5 Å². The van der Waals surface area contributed by atoms with E-state index in [1.54, 1.807) is 0 Å². The molecule has 0 bridgehead atoms. The lowest BCUT2D eigenvalue weighted by Gasteiger charge is -2.19. The van der Waals surface area contributed by atoms with Crippen molar-refractivity contribution < 1.29 is 35.5 Å². The van der Waals surface area contributed by atoms with Gasteiger partial charge in [-0.05, 0) is 24.6 Å². The molecule has 0 aliphatic carbocycles. The third-order valence-corrected chi connectivity index (χ3v) is 2.68. The summed E-state index contributed by atoms with van der Waals surface area (Å²) in [7, 11) is 0. The first kappa shape index (κ1) is 18.8. The molecule has 1 nitrogen and oxygen atoms in total. The van der Waals surface area contributed by atoms with Crippen molar-refractivity contribution in [2.75, 3.05) is 0 Å². The molecule has 0 N–H and O–H groups in total. The second-order valence-electron chi connectivity index (χ2n) is 4.42. The first-order chi connectivity index (χ1) is 10.1. The van der Waals surface area contributed by atoms with Gasteiger partial charge < -0.3 is 4.74 Å². The Bertz CT molecular complexity index is 682. The molecule has 0 aliphatic heterocycles. The van der Waals surface area contributed by atoms with Crippen LogP contribution in [0.5, 0.6) is 5.75 Å². The van der Waals surface area contributed by atoms with E-state index in [0.29, 0.717) is 12.1 Å². The third kappa shape index (κ3) is 3.75. The molecule has 0 spiro atoms. The molecule has 0 heterocycles. The van der Waals surface area contributed by atoms with Gasteiger partial charge in [0, 0.05) is 12.1 Å². The highest BCUT2D eigenvalue weighted by molar-refractivity contribution is 5.30. The molecule has 2 aromatic carbocycles. The summed E-state index contributed by atoms with van der Waals surface area (Å²) in [6.45, 7) is 1.28. The van der Waals surface area contributed by atoms with Crippen LogP contribution in [0.4, 0.5) is 30.7 Å². The number of hydrogen-bond acceptors (Lipinski definition) is 1. The number of ether oxygens (including phenoxy) is 1. The molecule has 23 heavy (non-hydrogen) atoms. The summed E-state index contributed by atoms with van der Waals surface area (Å²) < 4.78 is 97.2. The van der Waals surface area contributed by atoms with Gasteiger partial charge in [0.25, 0.3) is 0 Å². The maximum Gasteiger partial charge on any atom is 0.432 e. The van der Waals surface area contributed by atoms with Gasteiger partial charge in [-0.15, -0.1) is 0 Å². The van der Waals surface area contributed by atoms with Crippen molar-refractivity contribution >= 4 is 0 Å². The summed E-state index contributed by atoms with van der Waals surface area (Å²) in [5.74, 6) is -9.76. The number of halogens is 7. The van der Waals surface area contributed by atoms with E-state index in [4.69, 9.17) is 0 Å². The van der Waals surface area contributed by atoms with Crippen LogP contribution in [-0.4, -0.2) is 0 Å². The van der Waals surface area contributed by atoms with Gasteiger partial charge in [0.05, 0.1) is 0 Å². The van der Waals surface area contributed by atoms with Crippen LogP contribution in [0, 0.1) is 36.0 Å². The van der Waals surface area contributed by atoms with Crippen molar-refractivity contribution in [1.29, 1.82) is 0 Å². The molecule has 0 aromatic heterocycles. The minimum absolute atomic E-state index is 0. The highest BCUT2D eigenvalue weighted by Crippen LogP contribution is 2.36. The Labute approximate surface area is 127 Å². The van der Waals surface area contributed by atoms with Gasteiger partial charge in [0.2, 0.25) is 0 Å². The van der Waals surface area contributed by atoms with Gasteiger partial charge in [0.1, 0.15) is 22.9 Å². The Morgan fingerprint density at radius 1 is 0.783 bits per heavy atom. The molecule has 0 unspecified atom stereocenters. The maximum absolute atomic E-state index is 13.8. The van der Waals surface area contributed by atoms with E-state index in [-0.39, 0.29) is 25.1 Å². The molecular formula is C15H11F7O. The molecule has 2 aromatic rings. The Morgan fingerprint density at radius 3 is 1.65 bits per heavy atom. The number of benzene rings is 2. The smallest absolute Gasteiger partial charge is 0.429 e. The van der Waals surface area contributed by atoms with Crippen LogP contribution in [0.15, 0.2) is 24.3 Å². The van der Waals surface area contributed by atoms with Crippen LogP contribution in [0.1, 0.15) is 18.6 Å². The number of rotatable bonds is 3. The van der Waals surface area contributed by atoms with Crippen molar-refractivity contribution in [3.63, 3.8) is 0 Å². The highest BCUT2D eigenvalue weighted by atomic mass is 19.3. The SMILES string of the molecule is C.Cc1cc(F)c(C(F)(F)Oc2cc(F)c(F)c(F)c2)c(F)c1. The highest BCUT2D eigenvalue weighted by Gasteiger charge is 2.41. The second kappa shape index (κ2) is 6.47. The van der Waals surface area contributed by atoms with Crippen LogP contribution in [0.2, 0.25) is 0 Å². The second-order valence-corrected chi connectivity index (χ2v) is 4.42. The first-order valence-electron chi connectivity index (χ1n) is 5.79. The van der Waals surface area contributed by atoms with Crippen LogP contribution < -0.4 is 4.74 Å². The first-order valence-corrected chi connectivity index (χ1v) is 5.79. The monoisotopic (exact) mass is 340 g/mol. The van der Waals surface area contributed by atoms with Crippen molar-refractivity contribution in [1.82, 2.24) is 0 Å². The van der Waals surface area contributed by atoms with Crippen LogP contribution in [0.25, 0.3) is 0 Å². The average Bonchev–Trinajstić information content (AvgIpc) is 2.33. The van der Waals surface area contributed by atoms with Crippen molar-refractivity contribution in [2.24, 2.45) is 0 Å². The quantitative estimate of drug-likeness (QED) is 0.533. The minimum atomic E-state index is -4.56. The summed E-state index contributed by atoms with van der Waals surface area (Å²) in [5, 5.41) is 0. The summed E-state index contributed by atoms with van der Waals surface area (Å²) in [4.78, 5) is 0. The topological polar surface area (TPSA) is 9.23 Å². The molecular weight excluding hydrogens is 329 g/mol. The fraction of sp³-hybridized carbons (Fsp3) is 0.200. The minimum Gasteiger partial charge on any atom is -0.429 e. The van der Waals surface area contributed by atoms with Gasteiger partial charge in [-0.1, -0.05) is 7.43 Å². The molecule has 8 heteroatoms. The maximum atomic E-state index is 13.8. The summed E-state index contributed by atoms with van der Waals surface area (Å²) in [5.41, 5.74) is -1.67. The Hall–Kier alpha value is -2.25. The largest absolute Gasteiger partial charge is 0.432 e. The van der Waals surface area contributed by atoms with E-state index >= 15 is 0 Å². The molecule has 0 atom stereocenters. The zero-order valence-corrected chi connectivity index (χ0v) is 10.9. The standard InChI is InChI=1S/C14H7F7O.CH4/c1-6-2-8(15)12(9(16)3-6)14(20,21)22-7-4-10(17)13(19)11(18)5-7;/h2-5H,1H3;1H4. The fourth-order valence-electron chi connectivity index (χ4n) is 1.77. The average molecular weight is 340 g/mol. The Kier molecular flexibility index (Phi) is 5.29. The van der Waals surface area contributed by atoms with Gasteiger partial charge in [-0.3, -0.25) is 0 Å². The van der Waals surface area contributed by atoms with Gasteiger partial charge in [-0.2, -0.15) is 8.78 Å². The lowest BCUT2D eigenvalue weighted by molar-refractivity contribution is -0.189. The molecule has 2 rings (SSSR count).